The fourth-order valence-corrected chi connectivity index (χ4v) is 5.25. The van der Waals surface area contributed by atoms with Gasteiger partial charge in [0.2, 0.25) is 0 Å². The molecule has 0 bridgehead atoms. The Morgan fingerprint density at radius 1 is 1.15 bits per heavy atom. The summed E-state index contributed by atoms with van der Waals surface area (Å²) in [5, 5.41) is 5.20. The van der Waals surface area contributed by atoms with Gasteiger partial charge in [-0.1, -0.05) is 19.6 Å². The number of halogens is 3. The van der Waals surface area contributed by atoms with E-state index in [2.05, 4.69) is 24.7 Å². The molecular weight excluding hydrogens is 493 g/mol. The Hall–Kier alpha value is -2.16. The zero-order valence-corrected chi connectivity index (χ0v) is 21.4. The number of fused-ring (bicyclic) bond motifs is 1. The van der Waals surface area contributed by atoms with E-state index in [-0.39, 0.29) is 32.9 Å². The van der Waals surface area contributed by atoms with Crippen molar-refractivity contribution >= 4 is 40.8 Å². The van der Waals surface area contributed by atoms with E-state index in [0.717, 1.165) is 6.04 Å². The summed E-state index contributed by atoms with van der Waals surface area (Å²) >= 11 is 0. The van der Waals surface area contributed by atoms with Gasteiger partial charge in [-0.25, -0.2) is 17.9 Å². The predicted molar refractivity (Wildman–Crippen MR) is 124 cm³/mol. The molecule has 0 spiro atoms. The quantitative estimate of drug-likeness (QED) is 0.299. The first kappa shape index (κ1) is 26.4. The minimum absolute atomic E-state index is 0.0142. The summed E-state index contributed by atoms with van der Waals surface area (Å²) in [5.74, 6) is -0.0910. The van der Waals surface area contributed by atoms with Crippen molar-refractivity contribution in [1.82, 2.24) is 14.1 Å². The number of aromatic nitrogens is 2. The Balaban J connectivity index is 1.86. The lowest BCUT2D eigenvalue weighted by molar-refractivity contribution is -0.0490. The molecule has 190 valence electrons. The number of carbonyl (C=O) groups excluding carboxylic acids is 1. The van der Waals surface area contributed by atoms with Gasteiger partial charge in [0.25, 0.3) is 0 Å². The molecule has 0 saturated carbocycles. The average Bonchev–Trinajstić information content (AvgIpc) is 3.12. The smallest absolute Gasteiger partial charge is 0.465 e. The van der Waals surface area contributed by atoms with E-state index in [1.807, 2.05) is 0 Å². The van der Waals surface area contributed by atoms with Crippen molar-refractivity contribution < 1.29 is 35.9 Å². The van der Waals surface area contributed by atoms with Crippen LogP contribution in [0.25, 0.3) is 10.9 Å². The normalized spacial score (nSPS) is 16.3. The molecule has 0 aliphatic carbocycles. The van der Waals surface area contributed by atoms with Crippen LogP contribution < -0.4 is 4.90 Å². The van der Waals surface area contributed by atoms with Gasteiger partial charge in [-0.2, -0.15) is 22.6 Å². The lowest BCUT2D eigenvalue weighted by Crippen LogP contribution is -2.52. The van der Waals surface area contributed by atoms with Gasteiger partial charge in [0.15, 0.2) is 5.82 Å². The highest BCUT2D eigenvalue weighted by atomic mass is 32.2. The molecule has 0 unspecified atom stereocenters. The van der Waals surface area contributed by atoms with Crippen molar-refractivity contribution in [2.45, 2.75) is 37.9 Å². The summed E-state index contributed by atoms with van der Waals surface area (Å²) in [4.78, 5) is 13.8. The van der Waals surface area contributed by atoms with E-state index in [1.165, 1.54) is 7.11 Å². The summed E-state index contributed by atoms with van der Waals surface area (Å²) in [6.45, 7) is 6.82. The monoisotopic (exact) mass is 522 g/mol. The molecule has 1 fully saturated rings. The van der Waals surface area contributed by atoms with Crippen LogP contribution in [-0.2, 0) is 26.2 Å². The molecule has 9 nitrogen and oxygen atoms in total. The lowest BCUT2D eigenvalue weighted by Gasteiger charge is -2.34. The Morgan fingerprint density at radius 2 is 1.79 bits per heavy atom. The zero-order chi connectivity index (χ0) is 25.3. The van der Waals surface area contributed by atoms with Crippen molar-refractivity contribution in [1.29, 1.82) is 0 Å². The highest BCUT2D eigenvalue weighted by molar-refractivity contribution is 7.90. The second-order valence-corrected chi connectivity index (χ2v) is 16.8. The highest BCUT2D eigenvalue weighted by Gasteiger charge is 2.50. The standard InChI is InChI=1S/C20H29F3N4O5SSi/c1-31-19(28)15-5-6-17-16(13-15)18(24-27(17)14-32-11-12-34(2,3)4)25-7-9-26(10-8-25)33(29,30)20(21,22)23/h5-6,13H,7-12,14H2,1-4H3. The average molecular weight is 523 g/mol. The Labute approximate surface area is 197 Å². The molecular formula is C20H29F3N4O5SSi. The predicted octanol–water partition coefficient (Wildman–Crippen LogP) is 3.11. The molecule has 1 aliphatic heterocycles. The summed E-state index contributed by atoms with van der Waals surface area (Å²) < 4.78 is 74.9. The van der Waals surface area contributed by atoms with E-state index in [9.17, 15) is 26.4 Å². The van der Waals surface area contributed by atoms with Crippen molar-refractivity contribution in [2.24, 2.45) is 0 Å². The number of esters is 1. The topological polar surface area (TPSA) is 94.0 Å². The molecule has 3 rings (SSSR count). The van der Waals surface area contributed by atoms with Crippen LogP contribution in [0.2, 0.25) is 25.7 Å². The number of piperazine rings is 1. The maximum absolute atomic E-state index is 12.9. The molecule has 34 heavy (non-hydrogen) atoms. The molecule has 0 N–H and O–H groups in total. The number of hydrogen-bond donors (Lipinski definition) is 0. The number of hydrogen-bond acceptors (Lipinski definition) is 7. The van der Waals surface area contributed by atoms with Gasteiger partial charge in [-0.15, -0.1) is 0 Å². The first-order valence-electron chi connectivity index (χ1n) is 10.7. The Kier molecular flexibility index (Phi) is 7.65. The van der Waals surface area contributed by atoms with Gasteiger partial charge in [-0.3, -0.25) is 0 Å². The number of ether oxygens (including phenoxy) is 2. The number of carbonyl (C=O) groups is 1. The third-order valence-electron chi connectivity index (χ3n) is 5.53. The Bertz CT molecular complexity index is 1140. The fraction of sp³-hybridized carbons (Fsp3) is 0.600. The van der Waals surface area contributed by atoms with Crippen LogP contribution in [0.15, 0.2) is 18.2 Å². The molecule has 1 aromatic carbocycles. The van der Waals surface area contributed by atoms with E-state index < -0.39 is 29.6 Å². The van der Waals surface area contributed by atoms with E-state index in [1.54, 1.807) is 27.8 Å². The Morgan fingerprint density at radius 3 is 2.35 bits per heavy atom. The first-order valence-corrected chi connectivity index (χ1v) is 15.9. The molecule has 0 amide bonds. The molecule has 14 heteroatoms. The van der Waals surface area contributed by atoms with Crippen LogP contribution in [0.3, 0.4) is 0 Å². The van der Waals surface area contributed by atoms with Crippen LogP contribution in [0.4, 0.5) is 19.0 Å². The second kappa shape index (κ2) is 9.83. The fourth-order valence-electron chi connectivity index (χ4n) is 3.56. The molecule has 2 heterocycles. The van der Waals surface area contributed by atoms with Crippen LogP contribution >= 0.6 is 0 Å². The van der Waals surface area contributed by atoms with Crippen LogP contribution in [-0.4, -0.2) is 82.0 Å². The van der Waals surface area contributed by atoms with Gasteiger partial charge in [-0.05, 0) is 24.2 Å². The molecule has 0 atom stereocenters. The SMILES string of the molecule is COC(=O)c1ccc2c(c1)c(N1CCN(S(=O)(=O)C(F)(F)F)CC1)nn2COCC[Si](C)(C)C. The van der Waals surface area contributed by atoms with Gasteiger partial charge in [0.05, 0.1) is 18.2 Å². The van der Waals surface area contributed by atoms with Crippen molar-refractivity contribution in [3.8, 4) is 0 Å². The minimum Gasteiger partial charge on any atom is -0.465 e. The third kappa shape index (κ3) is 5.72. The van der Waals surface area contributed by atoms with Crippen LogP contribution in [0.5, 0.6) is 0 Å². The summed E-state index contributed by atoms with van der Waals surface area (Å²) in [7, 11) is -5.40. The lowest BCUT2D eigenvalue weighted by atomic mass is 10.1. The number of rotatable bonds is 8. The zero-order valence-electron chi connectivity index (χ0n) is 19.6. The van der Waals surface area contributed by atoms with Crippen molar-refractivity contribution in [3.05, 3.63) is 23.8 Å². The number of benzene rings is 1. The number of alkyl halides is 3. The molecule has 0 radical (unpaired) electrons. The summed E-state index contributed by atoms with van der Waals surface area (Å²) in [6.07, 6.45) is 0. The second-order valence-electron chi connectivity index (χ2n) is 9.23. The van der Waals surface area contributed by atoms with Gasteiger partial charge in [0.1, 0.15) is 6.73 Å². The number of anilines is 1. The maximum Gasteiger partial charge on any atom is 0.511 e. The number of nitrogens with zero attached hydrogens (tertiary/aromatic N) is 4. The van der Waals surface area contributed by atoms with Gasteiger partial charge < -0.3 is 14.4 Å². The largest absolute Gasteiger partial charge is 0.511 e. The van der Waals surface area contributed by atoms with Crippen LogP contribution in [0, 0.1) is 0 Å². The number of sulfonamides is 1. The molecule has 1 aliphatic rings. The number of methoxy groups -OCH3 is 1. The van der Waals surface area contributed by atoms with Crippen LogP contribution in [0.1, 0.15) is 10.4 Å². The molecule has 1 aromatic heterocycles. The summed E-state index contributed by atoms with van der Waals surface area (Å²) in [6, 6.07) is 5.90. The van der Waals surface area contributed by atoms with Gasteiger partial charge >= 0.3 is 21.5 Å². The highest BCUT2D eigenvalue weighted by Crippen LogP contribution is 2.31. The van der Waals surface area contributed by atoms with Crippen molar-refractivity contribution in [3.63, 3.8) is 0 Å². The van der Waals surface area contributed by atoms with Gasteiger partial charge in [0, 0.05) is 46.2 Å². The van der Waals surface area contributed by atoms with E-state index in [0.29, 0.717) is 33.2 Å². The maximum atomic E-state index is 12.9. The van der Waals surface area contributed by atoms with E-state index >= 15 is 0 Å². The van der Waals surface area contributed by atoms with E-state index in [4.69, 9.17) is 9.47 Å². The molecule has 2 aromatic rings. The molecule has 1 saturated heterocycles. The third-order valence-corrected chi connectivity index (χ3v) is 8.87. The minimum atomic E-state index is -5.39. The first-order chi connectivity index (χ1) is 15.7. The summed E-state index contributed by atoms with van der Waals surface area (Å²) in [5.41, 5.74) is -4.36. The van der Waals surface area contributed by atoms with Crippen molar-refractivity contribution in [2.75, 3.05) is 44.8 Å².